The Labute approximate surface area is 128 Å². The second-order valence-corrected chi connectivity index (χ2v) is 6.59. The molecule has 2 aromatic rings. The van der Waals surface area contributed by atoms with Gasteiger partial charge in [0, 0.05) is 24.9 Å². The minimum Gasteiger partial charge on any atom is -0.384 e. The Bertz CT molecular complexity index is 636. The van der Waals surface area contributed by atoms with E-state index >= 15 is 0 Å². The molecule has 0 spiro atoms. The molecule has 1 aliphatic rings. The van der Waals surface area contributed by atoms with E-state index in [-0.39, 0.29) is 5.92 Å². The SMILES string of the molecule is CC(C)c1nc(N)cc(Sc2nnc3n2CCCCC3)n1. The summed E-state index contributed by atoms with van der Waals surface area (Å²) in [5, 5.41) is 10.4. The molecule has 0 atom stereocenters. The number of nitrogens with two attached hydrogens (primary N) is 1. The molecule has 0 amide bonds. The molecule has 112 valence electrons. The first-order valence-electron chi connectivity index (χ1n) is 7.38. The van der Waals surface area contributed by atoms with Crippen molar-refractivity contribution in [1.82, 2.24) is 24.7 Å². The largest absolute Gasteiger partial charge is 0.384 e. The van der Waals surface area contributed by atoms with Crippen LogP contribution in [0.1, 0.15) is 50.7 Å². The van der Waals surface area contributed by atoms with Crippen molar-refractivity contribution in [2.75, 3.05) is 5.73 Å². The van der Waals surface area contributed by atoms with Crippen LogP contribution in [0.15, 0.2) is 16.2 Å². The van der Waals surface area contributed by atoms with Crippen LogP contribution in [0.2, 0.25) is 0 Å². The lowest BCUT2D eigenvalue weighted by molar-refractivity contribution is 0.590. The number of fused-ring (bicyclic) bond motifs is 1. The highest BCUT2D eigenvalue weighted by Gasteiger charge is 2.17. The van der Waals surface area contributed by atoms with Gasteiger partial charge in [0.2, 0.25) is 0 Å². The summed E-state index contributed by atoms with van der Waals surface area (Å²) in [6.07, 6.45) is 4.64. The second kappa shape index (κ2) is 6.01. The molecular weight excluding hydrogens is 284 g/mol. The highest BCUT2D eigenvalue weighted by molar-refractivity contribution is 7.99. The van der Waals surface area contributed by atoms with E-state index in [1.54, 1.807) is 6.07 Å². The van der Waals surface area contributed by atoms with Gasteiger partial charge in [0.05, 0.1) is 0 Å². The minimum absolute atomic E-state index is 0.253. The average molecular weight is 304 g/mol. The fourth-order valence-corrected chi connectivity index (χ4v) is 3.29. The molecule has 7 heteroatoms. The van der Waals surface area contributed by atoms with E-state index in [1.807, 2.05) is 0 Å². The van der Waals surface area contributed by atoms with Crippen molar-refractivity contribution < 1.29 is 0 Å². The third-order valence-electron chi connectivity index (χ3n) is 3.53. The summed E-state index contributed by atoms with van der Waals surface area (Å²) >= 11 is 1.52. The Morgan fingerprint density at radius 3 is 2.86 bits per heavy atom. The van der Waals surface area contributed by atoms with Gasteiger partial charge in [-0.05, 0) is 24.6 Å². The van der Waals surface area contributed by atoms with Gasteiger partial charge in [-0.2, -0.15) is 0 Å². The van der Waals surface area contributed by atoms with Gasteiger partial charge in [0.15, 0.2) is 5.16 Å². The molecule has 6 nitrogen and oxygen atoms in total. The van der Waals surface area contributed by atoms with Gasteiger partial charge in [0.25, 0.3) is 0 Å². The fourth-order valence-electron chi connectivity index (χ4n) is 2.40. The van der Waals surface area contributed by atoms with Gasteiger partial charge in [-0.25, -0.2) is 9.97 Å². The van der Waals surface area contributed by atoms with Gasteiger partial charge in [0.1, 0.15) is 22.5 Å². The average Bonchev–Trinajstić information content (AvgIpc) is 2.68. The number of aryl methyl sites for hydroxylation is 1. The molecule has 0 radical (unpaired) electrons. The van der Waals surface area contributed by atoms with Crippen LogP contribution in [0.25, 0.3) is 0 Å². The van der Waals surface area contributed by atoms with Crippen LogP contribution in [0.3, 0.4) is 0 Å². The van der Waals surface area contributed by atoms with Gasteiger partial charge in [-0.3, -0.25) is 0 Å². The third kappa shape index (κ3) is 3.18. The first-order valence-corrected chi connectivity index (χ1v) is 8.19. The fraction of sp³-hybridized carbons (Fsp3) is 0.571. The Balaban J connectivity index is 1.89. The standard InChI is InChI=1S/C14H20N6S/c1-9(2)13-16-10(15)8-12(17-13)21-14-19-18-11-6-4-3-5-7-20(11)14/h8-9H,3-7H2,1-2H3,(H2,15,16,17). The highest BCUT2D eigenvalue weighted by Crippen LogP contribution is 2.28. The molecule has 0 fully saturated rings. The van der Waals surface area contributed by atoms with Crippen molar-refractivity contribution in [3.05, 3.63) is 17.7 Å². The molecule has 3 rings (SSSR count). The predicted octanol–water partition coefficient (Wildman–Crippen LogP) is 2.65. The number of hydrogen-bond acceptors (Lipinski definition) is 6. The van der Waals surface area contributed by atoms with E-state index in [4.69, 9.17) is 5.73 Å². The normalized spacial score (nSPS) is 15.0. The van der Waals surface area contributed by atoms with Crippen LogP contribution >= 0.6 is 11.8 Å². The monoisotopic (exact) mass is 304 g/mol. The minimum atomic E-state index is 0.253. The smallest absolute Gasteiger partial charge is 0.197 e. The van der Waals surface area contributed by atoms with E-state index in [0.29, 0.717) is 5.82 Å². The van der Waals surface area contributed by atoms with Gasteiger partial charge >= 0.3 is 0 Å². The second-order valence-electron chi connectivity index (χ2n) is 5.61. The summed E-state index contributed by atoms with van der Waals surface area (Å²) in [6.45, 7) is 5.11. The molecule has 0 aromatic carbocycles. The molecule has 0 saturated heterocycles. The lowest BCUT2D eigenvalue weighted by Crippen LogP contribution is -2.04. The Kier molecular flexibility index (Phi) is 4.10. The molecule has 2 aromatic heterocycles. The van der Waals surface area contributed by atoms with Crippen molar-refractivity contribution in [2.45, 2.75) is 62.2 Å². The molecule has 21 heavy (non-hydrogen) atoms. The number of nitrogens with zero attached hydrogens (tertiary/aromatic N) is 5. The molecule has 2 N–H and O–H groups in total. The number of hydrogen-bond donors (Lipinski definition) is 1. The number of aromatic nitrogens is 5. The van der Waals surface area contributed by atoms with E-state index in [1.165, 1.54) is 31.0 Å². The maximum Gasteiger partial charge on any atom is 0.197 e. The predicted molar refractivity (Wildman–Crippen MR) is 82.2 cm³/mol. The highest BCUT2D eigenvalue weighted by atomic mass is 32.2. The van der Waals surface area contributed by atoms with Crippen molar-refractivity contribution in [3.63, 3.8) is 0 Å². The van der Waals surface area contributed by atoms with Crippen molar-refractivity contribution in [2.24, 2.45) is 0 Å². The molecule has 0 bridgehead atoms. The first-order chi connectivity index (χ1) is 10.1. The van der Waals surface area contributed by atoms with E-state index in [2.05, 4.69) is 38.6 Å². The van der Waals surface area contributed by atoms with Crippen LogP contribution < -0.4 is 5.73 Å². The zero-order valence-corrected chi connectivity index (χ0v) is 13.2. The number of nitrogen functional groups attached to an aromatic ring is 1. The first kappa shape index (κ1) is 14.3. The zero-order valence-electron chi connectivity index (χ0n) is 12.4. The molecule has 0 unspecified atom stereocenters. The van der Waals surface area contributed by atoms with Crippen LogP contribution in [-0.4, -0.2) is 24.7 Å². The van der Waals surface area contributed by atoms with Gasteiger partial charge in [-0.15, -0.1) is 10.2 Å². The molecule has 1 aliphatic heterocycles. The maximum atomic E-state index is 5.88. The quantitative estimate of drug-likeness (QED) is 0.878. The topological polar surface area (TPSA) is 82.5 Å². The molecular formula is C14H20N6S. The Hall–Kier alpha value is -1.63. The summed E-state index contributed by atoms with van der Waals surface area (Å²) in [7, 11) is 0. The Morgan fingerprint density at radius 2 is 2.05 bits per heavy atom. The van der Waals surface area contributed by atoms with Crippen LogP contribution in [-0.2, 0) is 13.0 Å². The number of anilines is 1. The van der Waals surface area contributed by atoms with E-state index in [0.717, 1.165) is 34.8 Å². The lowest BCUT2D eigenvalue weighted by Gasteiger charge is -2.09. The molecule has 3 heterocycles. The summed E-state index contributed by atoms with van der Waals surface area (Å²) in [4.78, 5) is 8.85. The molecule has 0 saturated carbocycles. The molecule has 0 aliphatic carbocycles. The summed E-state index contributed by atoms with van der Waals surface area (Å²) in [5.74, 6) is 2.62. The van der Waals surface area contributed by atoms with Gasteiger partial charge in [-0.1, -0.05) is 20.3 Å². The summed E-state index contributed by atoms with van der Waals surface area (Å²) < 4.78 is 2.21. The zero-order chi connectivity index (χ0) is 14.8. The van der Waals surface area contributed by atoms with Gasteiger partial charge < -0.3 is 10.3 Å². The van der Waals surface area contributed by atoms with Crippen LogP contribution in [0, 0.1) is 0 Å². The van der Waals surface area contributed by atoms with E-state index in [9.17, 15) is 0 Å². The van der Waals surface area contributed by atoms with E-state index < -0.39 is 0 Å². The van der Waals surface area contributed by atoms with Crippen molar-refractivity contribution in [1.29, 1.82) is 0 Å². The van der Waals surface area contributed by atoms with Crippen molar-refractivity contribution >= 4 is 17.6 Å². The third-order valence-corrected chi connectivity index (χ3v) is 4.43. The summed E-state index contributed by atoms with van der Waals surface area (Å²) in [5.41, 5.74) is 5.88. The maximum absolute atomic E-state index is 5.88. The summed E-state index contributed by atoms with van der Waals surface area (Å²) in [6, 6.07) is 1.80. The van der Waals surface area contributed by atoms with Crippen molar-refractivity contribution in [3.8, 4) is 0 Å². The Morgan fingerprint density at radius 1 is 1.19 bits per heavy atom. The lowest BCUT2D eigenvalue weighted by atomic mass is 10.2. The van der Waals surface area contributed by atoms with Crippen LogP contribution in [0.5, 0.6) is 0 Å². The van der Waals surface area contributed by atoms with Crippen LogP contribution in [0.4, 0.5) is 5.82 Å². The number of rotatable bonds is 3.